The second-order valence-corrected chi connectivity index (χ2v) is 4.63. The first-order chi connectivity index (χ1) is 10.1. The van der Waals surface area contributed by atoms with Crippen LogP contribution in [0.3, 0.4) is 0 Å². The number of nitrogens with one attached hydrogen (secondary N) is 1. The van der Waals surface area contributed by atoms with E-state index in [1.54, 1.807) is 19.2 Å². The number of carbonyl (C=O) groups is 1. The fraction of sp³-hybridized carbons (Fsp3) is 0.176. The third-order valence-electron chi connectivity index (χ3n) is 3.18. The zero-order valence-corrected chi connectivity index (χ0v) is 12.3. The van der Waals surface area contributed by atoms with Crippen molar-refractivity contribution in [3.63, 3.8) is 0 Å². The second-order valence-electron chi connectivity index (χ2n) is 4.63. The van der Waals surface area contributed by atoms with Gasteiger partial charge in [-0.15, -0.1) is 0 Å². The number of methoxy groups -OCH3 is 1. The van der Waals surface area contributed by atoms with E-state index in [1.807, 2.05) is 37.3 Å². The molecule has 4 heteroatoms. The van der Waals surface area contributed by atoms with Crippen molar-refractivity contribution in [1.82, 2.24) is 4.98 Å². The molecule has 0 saturated heterocycles. The number of Topliss-reactive ketones (excluding diaryl/α,β-unsaturated/α-hetero) is 1. The molecule has 0 fully saturated rings. The lowest BCUT2D eigenvalue weighted by molar-refractivity contribution is 0.101. The lowest BCUT2D eigenvalue weighted by Gasteiger charge is -2.08. The van der Waals surface area contributed by atoms with Gasteiger partial charge < -0.3 is 9.72 Å². The van der Waals surface area contributed by atoms with Crippen LogP contribution in [0.1, 0.15) is 29.8 Å². The van der Waals surface area contributed by atoms with Gasteiger partial charge in [-0.25, -0.2) is 0 Å². The fourth-order valence-corrected chi connectivity index (χ4v) is 2.13. The predicted octanol–water partition coefficient (Wildman–Crippen LogP) is 3.29. The first-order valence-electron chi connectivity index (χ1n) is 6.62. The molecule has 21 heavy (non-hydrogen) atoms. The van der Waals surface area contributed by atoms with Gasteiger partial charge in [0, 0.05) is 11.3 Å². The Morgan fingerprint density at radius 1 is 1.24 bits per heavy atom. The normalized spacial score (nSPS) is 10.8. The number of carbonyl (C=O) groups excluding carboxylic acids is 1. The van der Waals surface area contributed by atoms with Crippen LogP contribution in [0.5, 0.6) is 5.75 Å². The molecule has 0 unspecified atom stereocenters. The minimum Gasteiger partial charge on any atom is -0.496 e. The van der Waals surface area contributed by atoms with Gasteiger partial charge in [-0.3, -0.25) is 9.59 Å². The topological polar surface area (TPSA) is 59.2 Å². The van der Waals surface area contributed by atoms with Crippen LogP contribution in [0.2, 0.25) is 0 Å². The van der Waals surface area contributed by atoms with Gasteiger partial charge in [0.1, 0.15) is 5.75 Å². The SMILES string of the molecule is CC=Cc1cc(-c2ccc(C(C)=O)c(=O)[nH]2)ccc1OC. The summed E-state index contributed by atoms with van der Waals surface area (Å²) >= 11 is 0. The van der Waals surface area contributed by atoms with Crippen LogP contribution in [-0.4, -0.2) is 17.9 Å². The van der Waals surface area contributed by atoms with E-state index < -0.39 is 0 Å². The monoisotopic (exact) mass is 283 g/mol. The third-order valence-corrected chi connectivity index (χ3v) is 3.18. The van der Waals surface area contributed by atoms with E-state index in [1.165, 1.54) is 6.92 Å². The van der Waals surface area contributed by atoms with Gasteiger partial charge in [0.15, 0.2) is 5.78 Å². The number of aromatic nitrogens is 1. The first-order valence-corrected chi connectivity index (χ1v) is 6.62. The van der Waals surface area contributed by atoms with Gasteiger partial charge in [0.25, 0.3) is 5.56 Å². The molecule has 1 aromatic carbocycles. The molecule has 0 atom stereocenters. The van der Waals surface area contributed by atoms with Crippen molar-refractivity contribution in [2.24, 2.45) is 0 Å². The van der Waals surface area contributed by atoms with Crippen LogP contribution >= 0.6 is 0 Å². The van der Waals surface area contributed by atoms with Crippen LogP contribution < -0.4 is 10.3 Å². The highest BCUT2D eigenvalue weighted by Gasteiger charge is 2.08. The molecular weight excluding hydrogens is 266 g/mol. The number of benzene rings is 1. The Morgan fingerprint density at radius 2 is 2.00 bits per heavy atom. The summed E-state index contributed by atoms with van der Waals surface area (Å²) in [5, 5.41) is 0. The van der Waals surface area contributed by atoms with Gasteiger partial charge in [-0.1, -0.05) is 12.2 Å². The average Bonchev–Trinajstić information content (AvgIpc) is 2.47. The lowest BCUT2D eigenvalue weighted by atomic mass is 10.0. The van der Waals surface area contributed by atoms with Crippen LogP contribution in [0, 0.1) is 0 Å². The van der Waals surface area contributed by atoms with E-state index in [0.29, 0.717) is 5.69 Å². The van der Waals surface area contributed by atoms with Crippen molar-refractivity contribution < 1.29 is 9.53 Å². The van der Waals surface area contributed by atoms with Crippen molar-refractivity contribution in [3.05, 3.63) is 57.9 Å². The van der Waals surface area contributed by atoms with Gasteiger partial charge in [0.05, 0.1) is 12.7 Å². The average molecular weight is 283 g/mol. The maximum absolute atomic E-state index is 11.9. The van der Waals surface area contributed by atoms with Crippen molar-refractivity contribution in [1.29, 1.82) is 0 Å². The largest absolute Gasteiger partial charge is 0.496 e. The zero-order chi connectivity index (χ0) is 15.4. The molecule has 0 bridgehead atoms. The summed E-state index contributed by atoms with van der Waals surface area (Å²) in [6, 6.07) is 8.93. The summed E-state index contributed by atoms with van der Waals surface area (Å²) in [6.45, 7) is 3.30. The molecular formula is C17H17NO3. The number of rotatable bonds is 4. The maximum atomic E-state index is 11.9. The minimum atomic E-state index is -0.372. The third kappa shape index (κ3) is 3.11. The smallest absolute Gasteiger partial charge is 0.259 e. The van der Waals surface area contributed by atoms with E-state index in [-0.39, 0.29) is 16.9 Å². The van der Waals surface area contributed by atoms with Crippen LogP contribution in [0.4, 0.5) is 0 Å². The van der Waals surface area contributed by atoms with Gasteiger partial charge in [-0.05, 0) is 49.7 Å². The van der Waals surface area contributed by atoms with E-state index >= 15 is 0 Å². The first kappa shape index (κ1) is 14.8. The van der Waals surface area contributed by atoms with Crippen molar-refractivity contribution >= 4 is 11.9 Å². The van der Waals surface area contributed by atoms with E-state index in [2.05, 4.69) is 4.98 Å². The Bertz CT molecular complexity index is 757. The van der Waals surface area contributed by atoms with Gasteiger partial charge in [-0.2, -0.15) is 0 Å². The molecule has 0 saturated carbocycles. The fourth-order valence-electron chi connectivity index (χ4n) is 2.13. The molecule has 1 heterocycles. The van der Waals surface area contributed by atoms with E-state index in [9.17, 15) is 9.59 Å². The minimum absolute atomic E-state index is 0.168. The van der Waals surface area contributed by atoms with Crippen LogP contribution in [-0.2, 0) is 0 Å². The Hall–Kier alpha value is -2.62. The summed E-state index contributed by atoms with van der Waals surface area (Å²) in [4.78, 5) is 25.9. The van der Waals surface area contributed by atoms with Crippen LogP contribution in [0.15, 0.2) is 41.2 Å². The molecule has 2 aromatic rings. The standard InChI is InChI=1S/C17H17NO3/c1-4-5-13-10-12(6-9-16(13)21-3)15-8-7-14(11(2)19)17(20)18-15/h4-10H,1-3H3,(H,18,20). The number of ether oxygens (including phenoxy) is 1. The molecule has 0 spiro atoms. The molecule has 0 amide bonds. The Balaban J connectivity index is 2.52. The predicted molar refractivity (Wildman–Crippen MR) is 83.8 cm³/mol. The van der Waals surface area contributed by atoms with Gasteiger partial charge >= 0.3 is 0 Å². The molecule has 108 valence electrons. The zero-order valence-electron chi connectivity index (χ0n) is 12.3. The number of pyridine rings is 1. The summed E-state index contributed by atoms with van der Waals surface area (Å²) in [6.07, 6.45) is 3.85. The molecule has 1 N–H and O–H groups in total. The second kappa shape index (κ2) is 6.22. The van der Waals surface area contributed by atoms with Crippen molar-refractivity contribution in [3.8, 4) is 17.0 Å². The molecule has 0 aliphatic rings. The number of aromatic amines is 1. The highest BCUT2D eigenvalue weighted by atomic mass is 16.5. The van der Waals surface area contributed by atoms with E-state index in [4.69, 9.17) is 4.74 Å². The summed E-state index contributed by atoms with van der Waals surface area (Å²) in [7, 11) is 1.62. The number of ketones is 1. The highest BCUT2D eigenvalue weighted by Crippen LogP contribution is 2.26. The highest BCUT2D eigenvalue weighted by molar-refractivity contribution is 5.93. The summed E-state index contributed by atoms with van der Waals surface area (Å²) < 4.78 is 5.30. The molecule has 0 aliphatic heterocycles. The Morgan fingerprint density at radius 3 is 2.57 bits per heavy atom. The van der Waals surface area contributed by atoms with E-state index in [0.717, 1.165) is 16.9 Å². The lowest BCUT2D eigenvalue weighted by Crippen LogP contribution is -2.15. The number of H-pyrrole nitrogens is 1. The van der Waals surface area contributed by atoms with Gasteiger partial charge in [0.2, 0.25) is 0 Å². The Labute approximate surface area is 123 Å². The molecule has 0 aliphatic carbocycles. The summed E-state index contributed by atoms with van der Waals surface area (Å²) in [5.41, 5.74) is 2.24. The molecule has 4 nitrogen and oxygen atoms in total. The molecule has 0 radical (unpaired) electrons. The molecule has 2 rings (SSSR count). The Kier molecular flexibility index (Phi) is 4.38. The summed E-state index contributed by atoms with van der Waals surface area (Å²) in [5.74, 6) is 0.520. The van der Waals surface area contributed by atoms with Crippen molar-refractivity contribution in [2.75, 3.05) is 7.11 Å². The quantitative estimate of drug-likeness (QED) is 0.876. The molecule has 1 aromatic heterocycles. The number of hydrogen-bond acceptors (Lipinski definition) is 3. The maximum Gasteiger partial charge on any atom is 0.259 e. The number of allylic oxidation sites excluding steroid dienone is 1. The number of hydrogen-bond donors (Lipinski definition) is 1. The van der Waals surface area contributed by atoms with Crippen molar-refractivity contribution in [2.45, 2.75) is 13.8 Å². The van der Waals surface area contributed by atoms with Crippen LogP contribution in [0.25, 0.3) is 17.3 Å².